The highest BCUT2D eigenvalue weighted by Gasteiger charge is 2.27. The Morgan fingerprint density at radius 3 is 2.21 bits per heavy atom. The SMILES string of the molecule is Cc1cc(O[C@H](C)C(=O)Nc2ccc(S(=O)(=O)N3CCCC3)cc2)cc(C)c1Cl. The van der Waals surface area contributed by atoms with E-state index in [9.17, 15) is 13.2 Å². The molecule has 1 atom stereocenters. The number of carbonyl (C=O) groups is 1. The number of benzene rings is 2. The maximum absolute atomic E-state index is 12.6. The van der Waals surface area contributed by atoms with E-state index in [1.165, 1.54) is 16.4 Å². The molecule has 1 amide bonds. The molecule has 1 saturated heterocycles. The first-order valence-electron chi connectivity index (χ1n) is 9.53. The lowest BCUT2D eigenvalue weighted by Crippen LogP contribution is -2.30. The highest BCUT2D eigenvalue weighted by Crippen LogP contribution is 2.27. The Morgan fingerprint density at radius 1 is 1.10 bits per heavy atom. The van der Waals surface area contributed by atoms with Crippen LogP contribution in [0.5, 0.6) is 5.75 Å². The van der Waals surface area contributed by atoms with Gasteiger partial charge in [0.1, 0.15) is 5.75 Å². The molecule has 156 valence electrons. The Bertz CT molecular complexity index is 977. The third kappa shape index (κ3) is 4.91. The van der Waals surface area contributed by atoms with E-state index in [0.29, 0.717) is 29.5 Å². The maximum Gasteiger partial charge on any atom is 0.265 e. The summed E-state index contributed by atoms with van der Waals surface area (Å²) in [5.41, 5.74) is 2.27. The molecule has 0 spiro atoms. The number of carbonyl (C=O) groups excluding carboxylic acids is 1. The van der Waals surface area contributed by atoms with Crippen molar-refractivity contribution in [2.45, 2.75) is 44.6 Å². The van der Waals surface area contributed by atoms with Gasteiger partial charge >= 0.3 is 0 Å². The molecule has 6 nitrogen and oxygen atoms in total. The molecule has 1 N–H and O–H groups in total. The lowest BCUT2D eigenvalue weighted by atomic mass is 10.1. The predicted octanol–water partition coefficient (Wildman–Crippen LogP) is 4.15. The van der Waals surface area contributed by atoms with Crippen LogP contribution < -0.4 is 10.1 Å². The standard InChI is InChI=1S/C21H25ClN2O4S/c1-14-12-18(13-15(2)20(14)22)28-16(3)21(25)23-17-6-8-19(9-7-17)29(26,27)24-10-4-5-11-24/h6-9,12-13,16H,4-5,10-11H2,1-3H3,(H,23,25)/t16-/m1/s1. The number of nitrogens with zero attached hydrogens (tertiary/aromatic N) is 1. The quantitative estimate of drug-likeness (QED) is 0.738. The zero-order valence-electron chi connectivity index (χ0n) is 16.7. The van der Waals surface area contributed by atoms with Crippen LogP contribution in [-0.4, -0.2) is 37.8 Å². The van der Waals surface area contributed by atoms with Crippen LogP contribution in [0.15, 0.2) is 41.3 Å². The summed E-state index contributed by atoms with van der Waals surface area (Å²) in [5, 5.41) is 3.43. The molecule has 0 bridgehead atoms. The fourth-order valence-corrected chi connectivity index (χ4v) is 4.89. The van der Waals surface area contributed by atoms with E-state index in [2.05, 4.69) is 5.32 Å². The van der Waals surface area contributed by atoms with Crippen molar-refractivity contribution in [1.29, 1.82) is 0 Å². The van der Waals surface area contributed by atoms with Crippen molar-refractivity contribution < 1.29 is 17.9 Å². The molecule has 3 rings (SSSR count). The average molecular weight is 437 g/mol. The molecule has 1 heterocycles. The fourth-order valence-electron chi connectivity index (χ4n) is 3.26. The molecule has 1 aliphatic heterocycles. The highest BCUT2D eigenvalue weighted by molar-refractivity contribution is 7.89. The summed E-state index contributed by atoms with van der Waals surface area (Å²) < 4.78 is 32.4. The number of hydrogen-bond acceptors (Lipinski definition) is 4. The van der Waals surface area contributed by atoms with Crippen LogP contribution in [0.25, 0.3) is 0 Å². The fraction of sp³-hybridized carbons (Fsp3) is 0.381. The summed E-state index contributed by atoms with van der Waals surface area (Å²) in [7, 11) is -3.47. The van der Waals surface area contributed by atoms with Crippen LogP contribution in [0.4, 0.5) is 5.69 Å². The summed E-state index contributed by atoms with van der Waals surface area (Å²) in [4.78, 5) is 12.7. The second-order valence-corrected chi connectivity index (χ2v) is 9.57. The molecule has 0 aliphatic carbocycles. The topological polar surface area (TPSA) is 75.7 Å². The number of ether oxygens (including phenoxy) is 1. The minimum absolute atomic E-state index is 0.230. The molecule has 2 aromatic rings. The minimum Gasteiger partial charge on any atom is -0.481 e. The Hall–Kier alpha value is -2.09. The first-order valence-corrected chi connectivity index (χ1v) is 11.3. The third-order valence-electron chi connectivity index (χ3n) is 4.92. The molecule has 0 unspecified atom stereocenters. The first-order chi connectivity index (χ1) is 13.7. The van der Waals surface area contributed by atoms with Gasteiger partial charge in [-0.05, 0) is 81.1 Å². The summed E-state index contributed by atoms with van der Waals surface area (Å²) in [6, 6.07) is 9.78. The van der Waals surface area contributed by atoms with Gasteiger partial charge in [0.05, 0.1) is 4.90 Å². The van der Waals surface area contributed by atoms with Crippen molar-refractivity contribution in [3.05, 3.63) is 52.5 Å². The number of sulfonamides is 1. The van der Waals surface area contributed by atoms with E-state index < -0.39 is 16.1 Å². The molecule has 8 heteroatoms. The van der Waals surface area contributed by atoms with Crippen LogP contribution in [0.1, 0.15) is 30.9 Å². The predicted molar refractivity (Wildman–Crippen MR) is 114 cm³/mol. The van der Waals surface area contributed by atoms with E-state index in [1.54, 1.807) is 31.2 Å². The Labute approximate surface area is 176 Å². The van der Waals surface area contributed by atoms with Gasteiger partial charge < -0.3 is 10.1 Å². The molecule has 2 aromatic carbocycles. The van der Waals surface area contributed by atoms with Crippen LogP contribution >= 0.6 is 11.6 Å². The smallest absolute Gasteiger partial charge is 0.265 e. The first kappa shape index (κ1) is 21.6. The molecule has 1 fully saturated rings. The van der Waals surface area contributed by atoms with Crippen molar-refractivity contribution in [2.24, 2.45) is 0 Å². The van der Waals surface area contributed by atoms with E-state index in [4.69, 9.17) is 16.3 Å². The zero-order valence-corrected chi connectivity index (χ0v) is 18.3. The van der Waals surface area contributed by atoms with Gasteiger partial charge in [0.15, 0.2) is 6.10 Å². The van der Waals surface area contributed by atoms with Gasteiger partial charge in [-0.15, -0.1) is 0 Å². The molecule has 0 radical (unpaired) electrons. The Morgan fingerprint density at radius 2 is 1.66 bits per heavy atom. The molecule has 0 saturated carbocycles. The Balaban J connectivity index is 1.64. The highest BCUT2D eigenvalue weighted by atomic mass is 35.5. The van der Waals surface area contributed by atoms with E-state index >= 15 is 0 Å². The minimum atomic E-state index is -3.47. The van der Waals surface area contributed by atoms with E-state index in [0.717, 1.165) is 24.0 Å². The second-order valence-electron chi connectivity index (χ2n) is 7.26. The van der Waals surface area contributed by atoms with Gasteiger partial charge in [0, 0.05) is 23.8 Å². The molecular formula is C21H25ClN2O4S. The molecule has 0 aromatic heterocycles. The van der Waals surface area contributed by atoms with E-state index in [1.807, 2.05) is 13.8 Å². The number of aryl methyl sites for hydroxylation is 2. The maximum atomic E-state index is 12.6. The van der Waals surface area contributed by atoms with Gasteiger partial charge in [-0.2, -0.15) is 4.31 Å². The third-order valence-corrected chi connectivity index (χ3v) is 7.43. The van der Waals surface area contributed by atoms with Gasteiger partial charge in [0.25, 0.3) is 5.91 Å². The van der Waals surface area contributed by atoms with Crippen LogP contribution in [-0.2, 0) is 14.8 Å². The largest absolute Gasteiger partial charge is 0.481 e. The Kier molecular flexibility index (Phi) is 6.51. The van der Waals surface area contributed by atoms with Gasteiger partial charge in [-0.25, -0.2) is 8.42 Å². The average Bonchev–Trinajstić information content (AvgIpc) is 3.22. The molecule has 1 aliphatic rings. The summed E-state index contributed by atoms with van der Waals surface area (Å²) in [6.45, 7) is 6.52. The number of anilines is 1. The van der Waals surface area contributed by atoms with Crippen molar-refractivity contribution >= 4 is 33.2 Å². The number of halogens is 1. The zero-order chi connectivity index (χ0) is 21.2. The summed E-state index contributed by atoms with van der Waals surface area (Å²) >= 11 is 6.16. The second kappa shape index (κ2) is 8.73. The van der Waals surface area contributed by atoms with Gasteiger partial charge in [-0.3, -0.25) is 4.79 Å². The number of hydrogen-bond donors (Lipinski definition) is 1. The lowest BCUT2D eigenvalue weighted by molar-refractivity contribution is -0.122. The van der Waals surface area contributed by atoms with Crippen molar-refractivity contribution in [3.63, 3.8) is 0 Å². The van der Waals surface area contributed by atoms with Crippen molar-refractivity contribution in [2.75, 3.05) is 18.4 Å². The summed E-state index contributed by atoms with van der Waals surface area (Å²) in [5.74, 6) is 0.240. The number of amides is 1. The van der Waals surface area contributed by atoms with E-state index in [-0.39, 0.29) is 10.8 Å². The number of rotatable bonds is 6. The van der Waals surface area contributed by atoms with Crippen molar-refractivity contribution in [3.8, 4) is 5.75 Å². The normalized spacial score (nSPS) is 15.9. The lowest BCUT2D eigenvalue weighted by Gasteiger charge is -2.17. The number of nitrogens with one attached hydrogen (secondary N) is 1. The molecule has 29 heavy (non-hydrogen) atoms. The van der Waals surface area contributed by atoms with Crippen molar-refractivity contribution in [1.82, 2.24) is 4.31 Å². The van der Waals surface area contributed by atoms with Crippen LogP contribution in [0, 0.1) is 13.8 Å². The van der Waals surface area contributed by atoms with Crippen LogP contribution in [0.2, 0.25) is 5.02 Å². The molecular weight excluding hydrogens is 412 g/mol. The summed E-state index contributed by atoms with van der Waals surface area (Å²) in [6.07, 6.45) is 1.04. The van der Waals surface area contributed by atoms with Gasteiger partial charge in [-0.1, -0.05) is 11.6 Å². The van der Waals surface area contributed by atoms with Gasteiger partial charge in [0.2, 0.25) is 10.0 Å². The monoisotopic (exact) mass is 436 g/mol. The van der Waals surface area contributed by atoms with Crippen LogP contribution in [0.3, 0.4) is 0 Å².